The zero-order valence-electron chi connectivity index (χ0n) is 26.9. The Bertz CT molecular complexity index is 1920. The van der Waals surface area contributed by atoms with Gasteiger partial charge in [-0.15, -0.1) is 0 Å². The standard InChI is InChI=1S/C34H34F2N6O7/c1-41(2)13-5-15-46-24-11-9-21(34(44)45)18-26(24)48-29-27(35)32(47-22-7-4-6-20(16-22)31-39-12-14-42(31)3)40-33(28(29)36)49-25-17-19(30(37)38)8-10-23(25)43/h4,6-11,16-18,43H,5,12-15H2,1-3H3,(H3,37,38)(H,44,45)/p+1. The van der Waals surface area contributed by atoms with E-state index in [-0.39, 0.29) is 46.6 Å². The molecular formula is C34H35F2N6O7+. The summed E-state index contributed by atoms with van der Waals surface area (Å²) in [4.78, 5) is 24.1. The fraction of sp³-hybridized carbons (Fsp3) is 0.235. The van der Waals surface area contributed by atoms with Crippen molar-refractivity contribution in [2.45, 2.75) is 6.42 Å². The Balaban J connectivity index is 1.59. The van der Waals surface area contributed by atoms with Crippen molar-refractivity contribution in [3.8, 4) is 46.3 Å². The topological polar surface area (TPSA) is 178 Å². The summed E-state index contributed by atoms with van der Waals surface area (Å²) in [6, 6.07) is 14.1. The Morgan fingerprint density at radius 1 is 0.980 bits per heavy atom. The number of halogens is 2. The van der Waals surface area contributed by atoms with Gasteiger partial charge >= 0.3 is 5.97 Å². The van der Waals surface area contributed by atoms with Crippen molar-refractivity contribution >= 4 is 17.6 Å². The molecule has 0 bridgehead atoms. The lowest BCUT2D eigenvalue weighted by molar-refractivity contribution is -0.114. The molecule has 13 nitrogen and oxygen atoms in total. The number of pyridine rings is 1. The zero-order chi connectivity index (χ0) is 35.2. The van der Waals surface area contributed by atoms with E-state index in [1.165, 1.54) is 36.4 Å². The molecule has 6 N–H and O–H groups in total. The quantitative estimate of drug-likeness (QED) is 0.0871. The number of aromatic carboxylic acids is 1. The lowest BCUT2D eigenvalue weighted by atomic mass is 10.2. The number of rotatable bonds is 14. The van der Waals surface area contributed by atoms with E-state index >= 15 is 8.78 Å². The third kappa shape index (κ3) is 8.13. The molecule has 0 saturated heterocycles. The van der Waals surface area contributed by atoms with E-state index in [9.17, 15) is 15.0 Å². The Morgan fingerprint density at radius 2 is 1.69 bits per heavy atom. The maximum Gasteiger partial charge on any atom is 0.335 e. The normalized spacial score (nSPS) is 12.5. The molecule has 0 aliphatic carbocycles. The van der Waals surface area contributed by atoms with Gasteiger partial charge in [-0.2, -0.15) is 13.8 Å². The molecule has 49 heavy (non-hydrogen) atoms. The number of phenols is 1. The van der Waals surface area contributed by atoms with Crippen LogP contribution in [0, 0.1) is 11.6 Å². The summed E-state index contributed by atoms with van der Waals surface area (Å²) < 4.78 is 55.4. The number of amidine groups is 2. The number of nitrogens with zero attached hydrogens (tertiary/aromatic N) is 4. The number of aliphatic imine (C=N–C) groups is 1. The number of ether oxygens (including phenoxy) is 4. The first-order chi connectivity index (χ1) is 23.4. The number of hydrogen-bond acceptors (Lipinski definition) is 10. The first-order valence-electron chi connectivity index (χ1n) is 15.1. The van der Waals surface area contributed by atoms with Gasteiger partial charge in [-0.3, -0.25) is 16.1 Å². The minimum Gasteiger partial charge on any atom is -0.504 e. The molecule has 0 unspecified atom stereocenters. The molecule has 1 aliphatic rings. The van der Waals surface area contributed by atoms with Gasteiger partial charge < -0.3 is 39.0 Å². The molecule has 0 spiro atoms. The Morgan fingerprint density at radius 3 is 2.37 bits per heavy atom. The highest BCUT2D eigenvalue weighted by Crippen LogP contribution is 2.43. The number of aromatic nitrogens is 1. The van der Waals surface area contributed by atoms with Crippen molar-refractivity contribution < 1.29 is 48.1 Å². The molecule has 256 valence electrons. The van der Waals surface area contributed by atoms with E-state index in [4.69, 9.17) is 30.1 Å². The van der Waals surface area contributed by atoms with E-state index < -0.39 is 40.9 Å². The molecule has 3 aromatic carbocycles. The summed E-state index contributed by atoms with van der Waals surface area (Å²) in [7, 11) is 5.66. The second-order valence-electron chi connectivity index (χ2n) is 11.2. The van der Waals surface area contributed by atoms with Crippen LogP contribution in [0.1, 0.15) is 27.9 Å². The summed E-state index contributed by atoms with van der Waals surface area (Å²) in [6.45, 7) is 2.21. The van der Waals surface area contributed by atoms with Gasteiger partial charge in [0.1, 0.15) is 11.6 Å². The van der Waals surface area contributed by atoms with Gasteiger partial charge in [-0.05, 0) is 63.0 Å². The van der Waals surface area contributed by atoms with Crippen LogP contribution in [0.15, 0.2) is 65.7 Å². The SMILES string of the molecule is CN(C)CCCOc1ccc(C(=O)O)cc1Oc1c(F)c(Oc2cccc(C3=NCCN3C)c2)nc(Oc2cc(C(N)=[NH2+])ccc2O)c1F. The first-order valence-corrected chi connectivity index (χ1v) is 15.1. The summed E-state index contributed by atoms with van der Waals surface area (Å²) in [5.41, 5.74) is 6.39. The second-order valence-corrected chi connectivity index (χ2v) is 11.2. The molecule has 1 aliphatic heterocycles. The molecular weight excluding hydrogens is 642 g/mol. The molecule has 15 heteroatoms. The average molecular weight is 678 g/mol. The number of hydrogen-bond donors (Lipinski definition) is 4. The van der Waals surface area contributed by atoms with Crippen LogP contribution in [0.5, 0.6) is 46.3 Å². The van der Waals surface area contributed by atoms with Crippen molar-refractivity contribution in [3.63, 3.8) is 0 Å². The summed E-state index contributed by atoms with van der Waals surface area (Å²) >= 11 is 0. The van der Waals surface area contributed by atoms with E-state index in [2.05, 4.69) is 9.98 Å². The van der Waals surface area contributed by atoms with Gasteiger partial charge in [0.05, 0.1) is 24.3 Å². The van der Waals surface area contributed by atoms with Crippen molar-refractivity contribution in [3.05, 3.63) is 89.0 Å². The molecule has 4 aromatic rings. The van der Waals surface area contributed by atoms with Gasteiger partial charge in [0.15, 0.2) is 23.0 Å². The largest absolute Gasteiger partial charge is 0.504 e. The summed E-state index contributed by atoms with van der Waals surface area (Å²) in [6.07, 6.45) is 0.593. The number of carbonyl (C=O) groups is 1. The zero-order valence-corrected chi connectivity index (χ0v) is 26.9. The highest BCUT2D eigenvalue weighted by molar-refractivity contribution is 6.00. The molecule has 2 heterocycles. The number of nitrogens with two attached hydrogens (primary N) is 2. The summed E-state index contributed by atoms with van der Waals surface area (Å²) in [5.74, 6) is -7.08. The van der Waals surface area contributed by atoms with Crippen LogP contribution < -0.4 is 30.1 Å². The van der Waals surface area contributed by atoms with Gasteiger partial charge in [-0.1, -0.05) is 12.1 Å². The lowest BCUT2D eigenvalue weighted by Crippen LogP contribution is -2.46. The Labute approximate surface area is 280 Å². The monoisotopic (exact) mass is 677 g/mol. The van der Waals surface area contributed by atoms with Crippen molar-refractivity contribution in [1.82, 2.24) is 14.8 Å². The van der Waals surface area contributed by atoms with Crippen LogP contribution in [0.25, 0.3) is 0 Å². The molecule has 0 fully saturated rings. The fourth-order valence-electron chi connectivity index (χ4n) is 4.75. The molecule has 5 rings (SSSR count). The van der Waals surface area contributed by atoms with Crippen LogP contribution in [0.2, 0.25) is 0 Å². The van der Waals surface area contributed by atoms with Crippen molar-refractivity contribution in [1.29, 1.82) is 0 Å². The van der Waals surface area contributed by atoms with Crippen LogP contribution in [0.4, 0.5) is 8.78 Å². The fourth-order valence-corrected chi connectivity index (χ4v) is 4.75. The lowest BCUT2D eigenvalue weighted by Gasteiger charge is -2.18. The number of aromatic hydroxyl groups is 1. The van der Waals surface area contributed by atoms with Crippen molar-refractivity contribution in [2.24, 2.45) is 10.7 Å². The highest BCUT2D eigenvalue weighted by Gasteiger charge is 2.28. The number of benzene rings is 3. The minimum atomic E-state index is -1.44. The van der Waals surface area contributed by atoms with Crippen molar-refractivity contribution in [2.75, 3.05) is 47.4 Å². The number of likely N-dealkylation sites (N-methyl/N-ethyl adjacent to an activating group) is 1. The third-order valence-electron chi connectivity index (χ3n) is 7.25. The predicted octanol–water partition coefficient (Wildman–Crippen LogP) is 3.63. The Hall–Kier alpha value is -5.96. The van der Waals surface area contributed by atoms with Gasteiger partial charge in [0, 0.05) is 31.8 Å². The van der Waals surface area contributed by atoms with Crippen LogP contribution >= 0.6 is 0 Å². The molecule has 1 aromatic heterocycles. The van der Waals surface area contributed by atoms with Gasteiger partial charge in [-0.25, -0.2) is 4.79 Å². The average Bonchev–Trinajstić information content (AvgIpc) is 3.50. The molecule has 0 atom stereocenters. The second kappa shape index (κ2) is 14.9. The molecule has 0 amide bonds. The van der Waals surface area contributed by atoms with E-state index in [1.807, 2.05) is 30.9 Å². The van der Waals surface area contributed by atoms with Gasteiger partial charge in [0.2, 0.25) is 17.4 Å². The highest BCUT2D eigenvalue weighted by atomic mass is 19.1. The van der Waals surface area contributed by atoms with Gasteiger partial charge in [0.25, 0.3) is 17.6 Å². The number of carboxylic acids is 1. The van der Waals surface area contributed by atoms with E-state index in [0.29, 0.717) is 30.9 Å². The number of phenolic OH excluding ortho intramolecular Hbond substituents is 1. The van der Waals surface area contributed by atoms with Crippen LogP contribution in [-0.4, -0.2) is 90.0 Å². The van der Waals surface area contributed by atoms with Crippen LogP contribution in [-0.2, 0) is 0 Å². The Kier molecular flexibility index (Phi) is 10.4. The smallest absolute Gasteiger partial charge is 0.335 e. The maximum absolute atomic E-state index is 16.2. The third-order valence-corrected chi connectivity index (χ3v) is 7.25. The first kappa shape index (κ1) is 34.4. The van der Waals surface area contributed by atoms with E-state index in [0.717, 1.165) is 12.6 Å². The molecule has 0 saturated carbocycles. The summed E-state index contributed by atoms with van der Waals surface area (Å²) in [5, 5.41) is 25.7. The van der Waals surface area contributed by atoms with E-state index in [1.54, 1.807) is 18.2 Å². The maximum atomic E-state index is 16.2. The molecule has 0 radical (unpaired) electrons. The predicted molar refractivity (Wildman–Crippen MR) is 175 cm³/mol. The minimum absolute atomic E-state index is 0.0257. The van der Waals surface area contributed by atoms with Crippen LogP contribution in [0.3, 0.4) is 0 Å². The number of carboxylic acid groups (broad SMARTS) is 1.